The molecule has 5 nitrogen and oxygen atoms in total. The van der Waals surface area contributed by atoms with Crippen molar-refractivity contribution < 1.29 is 18.0 Å². The Morgan fingerprint density at radius 3 is 2.43 bits per heavy atom. The fourth-order valence-corrected chi connectivity index (χ4v) is 2.64. The maximum atomic E-state index is 13.7. The molecule has 0 aliphatic heterocycles. The van der Waals surface area contributed by atoms with Gasteiger partial charge in [-0.1, -0.05) is 25.1 Å². The molecule has 0 bridgehead atoms. The van der Waals surface area contributed by atoms with E-state index >= 15 is 0 Å². The molecule has 1 heterocycles. The minimum atomic E-state index is -1.59. The van der Waals surface area contributed by atoms with Crippen LogP contribution < -0.4 is 10.6 Å². The number of benzene rings is 2. The largest absolute Gasteiger partial charge is 0.322 e. The third kappa shape index (κ3) is 3.95. The summed E-state index contributed by atoms with van der Waals surface area (Å²) in [6.45, 7) is 3.89. The van der Waals surface area contributed by atoms with Crippen molar-refractivity contribution in [2.45, 2.75) is 20.3 Å². The fraction of sp³-hybridized carbons (Fsp3) is 0.150. The first-order valence-electron chi connectivity index (χ1n) is 8.53. The van der Waals surface area contributed by atoms with Crippen molar-refractivity contribution in [2.24, 2.45) is 0 Å². The number of rotatable bonds is 5. The number of hydrogen-bond donors (Lipinski definition) is 2. The number of para-hydroxylation sites is 1. The van der Waals surface area contributed by atoms with Crippen LogP contribution in [0.2, 0.25) is 0 Å². The monoisotopic (exact) mass is 386 g/mol. The standard InChI is InChI=1S/C20H17F3N4O/c1-3-12-6-4-5-11(2)18(12)27-19(28)13-9-24-20(25-10-13)26-15-8-7-14(21)16(22)17(15)23/h4-10H,3H2,1-2H3,(H,27,28)(H,24,25,26). The van der Waals surface area contributed by atoms with Crippen molar-refractivity contribution >= 4 is 23.2 Å². The molecule has 144 valence electrons. The highest BCUT2D eigenvalue weighted by Crippen LogP contribution is 2.23. The van der Waals surface area contributed by atoms with Gasteiger partial charge >= 0.3 is 0 Å². The van der Waals surface area contributed by atoms with Crippen LogP contribution in [0.4, 0.5) is 30.5 Å². The molecule has 0 unspecified atom stereocenters. The summed E-state index contributed by atoms with van der Waals surface area (Å²) >= 11 is 0. The molecule has 2 N–H and O–H groups in total. The van der Waals surface area contributed by atoms with Gasteiger partial charge in [0.05, 0.1) is 11.3 Å². The predicted molar refractivity (Wildman–Crippen MR) is 100 cm³/mol. The number of nitrogens with one attached hydrogen (secondary N) is 2. The normalized spacial score (nSPS) is 10.6. The number of carbonyl (C=O) groups is 1. The summed E-state index contributed by atoms with van der Waals surface area (Å²) in [5, 5.41) is 5.30. The number of anilines is 3. The Hall–Kier alpha value is -3.42. The topological polar surface area (TPSA) is 66.9 Å². The molecule has 0 saturated heterocycles. The van der Waals surface area contributed by atoms with Gasteiger partial charge in [-0.05, 0) is 36.6 Å². The van der Waals surface area contributed by atoms with E-state index < -0.39 is 23.4 Å². The van der Waals surface area contributed by atoms with Crippen LogP contribution in [0, 0.1) is 24.4 Å². The molecular formula is C20H17F3N4O. The van der Waals surface area contributed by atoms with Crippen molar-refractivity contribution in [1.29, 1.82) is 0 Å². The van der Waals surface area contributed by atoms with Crippen molar-refractivity contribution in [3.05, 3.63) is 76.9 Å². The molecular weight excluding hydrogens is 369 g/mol. The summed E-state index contributed by atoms with van der Waals surface area (Å²) in [6, 6.07) is 7.57. The van der Waals surface area contributed by atoms with Crippen molar-refractivity contribution in [2.75, 3.05) is 10.6 Å². The zero-order chi connectivity index (χ0) is 20.3. The highest BCUT2D eigenvalue weighted by molar-refractivity contribution is 6.04. The SMILES string of the molecule is CCc1cccc(C)c1NC(=O)c1cnc(Nc2ccc(F)c(F)c2F)nc1. The average Bonchev–Trinajstić information content (AvgIpc) is 2.70. The summed E-state index contributed by atoms with van der Waals surface area (Å²) in [4.78, 5) is 20.3. The molecule has 0 aliphatic rings. The lowest BCUT2D eigenvalue weighted by molar-refractivity contribution is 0.102. The van der Waals surface area contributed by atoms with Crippen LogP contribution in [0.1, 0.15) is 28.4 Å². The maximum Gasteiger partial charge on any atom is 0.258 e. The molecule has 0 atom stereocenters. The molecule has 8 heteroatoms. The third-order valence-corrected chi connectivity index (χ3v) is 4.17. The highest BCUT2D eigenvalue weighted by atomic mass is 19.2. The first-order valence-corrected chi connectivity index (χ1v) is 8.53. The minimum absolute atomic E-state index is 0.0633. The summed E-state index contributed by atoms with van der Waals surface area (Å²) in [6.07, 6.45) is 3.27. The second-order valence-electron chi connectivity index (χ2n) is 6.06. The van der Waals surface area contributed by atoms with E-state index in [1.54, 1.807) is 0 Å². The van der Waals surface area contributed by atoms with Gasteiger partial charge in [0.2, 0.25) is 5.95 Å². The number of hydrogen-bond acceptors (Lipinski definition) is 4. The second-order valence-corrected chi connectivity index (χ2v) is 6.06. The Balaban J connectivity index is 1.76. The van der Waals surface area contributed by atoms with E-state index in [9.17, 15) is 18.0 Å². The Labute approximate surface area is 159 Å². The average molecular weight is 386 g/mol. The van der Waals surface area contributed by atoms with Gasteiger partial charge in [-0.25, -0.2) is 23.1 Å². The summed E-state index contributed by atoms with van der Waals surface area (Å²) < 4.78 is 40.0. The number of aryl methyl sites for hydroxylation is 2. The number of halogens is 3. The van der Waals surface area contributed by atoms with Gasteiger partial charge in [-0.2, -0.15) is 0 Å². The van der Waals surface area contributed by atoms with E-state index in [1.807, 2.05) is 32.0 Å². The smallest absolute Gasteiger partial charge is 0.258 e. The number of amides is 1. The van der Waals surface area contributed by atoms with Gasteiger partial charge in [0.1, 0.15) is 0 Å². The van der Waals surface area contributed by atoms with Crippen LogP contribution in [-0.2, 0) is 6.42 Å². The Morgan fingerprint density at radius 2 is 1.75 bits per heavy atom. The third-order valence-electron chi connectivity index (χ3n) is 4.17. The van der Waals surface area contributed by atoms with Gasteiger partial charge in [0.15, 0.2) is 17.5 Å². The van der Waals surface area contributed by atoms with Crippen molar-refractivity contribution in [3.63, 3.8) is 0 Å². The number of nitrogens with zero attached hydrogens (tertiary/aromatic N) is 2. The summed E-state index contributed by atoms with van der Waals surface area (Å²) in [7, 11) is 0. The van der Waals surface area contributed by atoms with Crippen molar-refractivity contribution in [3.8, 4) is 0 Å². The highest BCUT2D eigenvalue weighted by Gasteiger charge is 2.15. The first-order chi connectivity index (χ1) is 13.4. The molecule has 28 heavy (non-hydrogen) atoms. The second kappa shape index (κ2) is 8.08. The Bertz CT molecular complexity index is 1020. The zero-order valence-corrected chi connectivity index (χ0v) is 15.2. The molecule has 3 rings (SSSR count). The molecule has 1 aromatic heterocycles. The maximum absolute atomic E-state index is 13.7. The van der Waals surface area contributed by atoms with Crippen LogP contribution in [0.3, 0.4) is 0 Å². The molecule has 2 aromatic carbocycles. The first kappa shape index (κ1) is 19.3. The Kier molecular flexibility index (Phi) is 5.58. The van der Waals surface area contributed by atoms with Gasteiger partial charge in [-0.15, -0.1) is 0 Å². The lowest BCUT2D eigenvalue weighted by Crippen LogP contribution is -2.15. The van der Waals surface area contributed by atoms with Crippen LogP contribution in [-0.4, -0.2) is 15.9 Å². The predicted octanol–water partition coefficient (Wildman–Crippen LogP) is 4.76. The lowest BCUT2D eigenvalue weighted by atomic mass is 10.1. The molecule has 0 spiro atoms. The number of carbonyl (C=O) groups excluding carboxylic acids is 1. The minimum Gasteiger partial charge on any atom is -0.322 e. The van der Waals surface area contributed by atoms with Crippen LogP contribution in [0.25, 0.3) is 0 Å². The fourth-order valence-electron chi connectivity index (χ4n) is 2.64. The van der Waals surface area contributed by atoms with E-state index in [1.165, 1.54) is 12.4 Å². The van der Waals surface area contributed by atoms with Crippen LogP contribution in [0.5, 0.6) is 0 Å². The molecule has 3 aromatic rings. The van der Waals surface area contributed by atoms with Crippen molar-refractivity contribution in [1.82, 2.24) is 9.97 Å². The van der Waals surface area contributed by atoms with Gasteiger partial charge in [0.25, 0.3) is 5.91 Å². The lowest BCUT2D eigenvalue weighted by Gasteiger charge is -2.13. The molecule has 0 radical (unpaired) electrons. The van der Waals surface area contributed by atoms with Gasteiger partial charge in [-0.3, -0.25) is 4.79 Å². The summed E-state index contributed by atoms with van der Waals surface area (Å²) in [5.41, 5.74) is 2.55. The molecule has 0 saturated carbocycles. The van der Waals surface area contributed by atoms with E-state index in [0.29, 0.717) is 0 Å². The molecule has 1 amide bonds. The Morgan fingerprint density at radius 1 is 1.04 bits per heavy atom. The number of aromatic nitrogens is 2. The quantitative estimate of drug-likeness (QED) is 0.621. The van der Waals surface area contributed by atoms with E-state index in [2.05, 4.69) is 20.6 Å². The van der Waals surface area contributed by atoms with Crippen LogP contribution in [0.15, 0.2) is 42.7 Å². The molecule has 0 fully saturated rings. The van der Waals surface area contributed by atoms with E-state index in [0.717, 1.165) is 35.4 Å². The zero-order valence-electron chi connectivity index (χ0n) is 15.2. The van der Waals surface area contributed by atoms with Gasteiger partial charge in [0, 0.05) is 18.1 Å². The van der Waals surface area contributed by atoms with Gasteiger partial charge < -0.3 is 10.6 Å². The molecule has 0 aliphatic carbocycles. The summed E-state index contributed by atoms with van der Waals surface area (Å²) in [5.74, 6) is -4.72. The van der Waals surface area contributed by atoms with E-state index in [-0.39, 0.29) is 17.2 Å². The van der Waals surface area contributed by atoms with E-state index in [4.69, 9.17) is 0 Å². The van der Waals surface area contributed by atoms with Crippen LogP contribution >= 0.6 is 0 Å².